The summed E-state index contributed by atoms with van der Waals surface area (Å²) in [4.78, 5) is 20.7. The predicted octanol–water partition coefficient (Wildman–Crippen LogP) is 2.45. The van der Waals surface area contributed by atoms with Crippen molar-refractivity contribution in [3.63, 3.8) is 0 Å². The van der Waals surface area contributed by atoms with E-state index in [2.05, 4.69) is 22.0 Å². The summed E-state index contributed by atoms with van der Waals surface area (Å²) < 4.78 is 0. The number of hydrogen-bond donors (Lipinski definition) is 1. The molecule has 1 saturated heterocycles. The van der Waals surface area contributed by atoms with Gasteiger partial charge in [-0.1, -0.05) is 12.8 Å². The topological polar surface area (TPSA) is 56.7 Å². The Hall–Kier alpha value is -1.62. The van der Waals surface area contributed by atoms with Crippen LogP contribution in [0.15, 0.2) is 24.5 Å². The summed E-state index contributed by atoms with van der Waals surface area (Å²) in [5, 5.41) is 10.4. The second-order valence-corrected chi connectivity index (χ2v) is 7.52. The van der Waals surface area contributed by atoms with Crippen LogP contribution in [0, 0.1) is 5.92 Å². The standard InChI is InChI=1S/C19H29N3O2/c1-21(18(23)14-19(24)8-2-3-9-19)15-16-6-12-22(13-7-16)17-4-10-20-11-5-17/h4-5,10-11,16,24H,2-3,6-9,12-15H2,1H3. The molecule has 132 valence electrons. The fraction of sp³-hybridized carbons (Fsp3) is 0.684. The lowest BCUT2D eigenvalue weighted by Crippen LogP contribution is -2.41. The Bertz CT molecular complexity index is 535. The van der Waals surface area contributed by atoms with Crippen molar-refractivity contribution >= 4 is 11.6 Å². The zero-order valence-electron chi connectivity index (χ0n) is 14.7. The van der Waals surface area contributed by atoms with Crippen LogP contribution in [0.25, 0.3) is 0 Å². The van der Waals surface area contributed by atoms with Crippen molar-refractivity contribution in [1.29, 1.82) is 0 Å². The molecule has 1 saturated carbocycles. The van der Waals surface area contributed by atoms with Gasteiger partial charge < -0.3 is 14.9 Å². The summed E-state index contributed by atoms with van der Waals surface area (Å²) in [6.07, 6.45) is 9.80. The van der Waals surface area contributed by atoms with Gasteiger partial charge in [0.2, 0.25) is 5.91 Å². The van der Waals surface area contributed by atoms with Gasteiger partial charge in [0, 0.05) is 44.8 Å². The molecule has 1 aromatic heterocycles. The quantitative estimate of drug-likeness (QED) is 0.900. The first-order valence-corrected chi connectivity index (χ1v) is 9.17. The number of aromatic nitrogens is 1. The lowest BCUT2D eigenvalue weighted by molar-refractivity contribution is -0.135. The molecule has 0 spiro atoms. The summed E-state index contributed by atoms with van der Waals surface area (Å²) in [7, 11) is 1.88. The lowest BCUT2D eigenvalue weighted by Gasteiger charge is -2.35. The number of nitrogens with zero attached hydrogens (tertiary/aromatic N) is 3. The molecule has 24 heavy (non-hydrogen) atoms. The number of piperidine rings is 1. The molecule has 1 aromatic rings. The second-order valence-electron chi connectivity index (χ2n) is 7.52. The zero-order chi connectivity index (χ0) is 17.0. The van der Waals surface area contributed by atoms with Crippen LogP contribution in [0.3, 0.4) is 0 Å². The number of aliphatic hydroxyl groups is 1. The van der Waals surface area contributed by atoms with Crippen LogP contribution >= 0.6 is 0 Å². The maximum atomic E-state index is 12.4. The average Bonchev–Trinajstić information content (AvgIpc) is 3.02. The minimum atomic E-state index is -0.740. The van der Waals surface area contributed by atoms with Crippen molar-refractivity contribution in [3.8, 4) is 0 Å². The predicted molar refractivity (Wildman–Crippen MR) is 94.8 cm³/mol. The van der Waals surface area contributed by atoms with E-state index in [1.165, 1.54) is 5.69 Å². The van der Waals surface area contributed by atoms with Gasteiger partial charge in [-0.05, 0) is 43.7 Å². The number of hydrogen-bond acceptors (Lipinski definition) is 4. The largest absolute Gasteiger partial charge is 0.389 e. The van der Waals surface area contributed by atoms with Gasteiger partial charge in [-0.2, -0.15) is 0 Å². The number of carbonyl (C=O) groups excluding carboxylic acids is 1. The Kier molecular flexibility index (Phi) is 5.39. The Balaban J connectivity index is 1.44. The van der Waals surface area contributed by atoms with E-state index in [1.54, 1.807) is 0 Å². The summed E-state index contributed by atoms with van der Waals surface area (Å²) >= 11 is 0. The fourth-order valence-electron chi connectivity index (χ4n) is 4.04. The Morgan fingerprint density at radius 3 is 2.54 bits per heavy atom. The number of pyridine rings is 1. The molecule has 1 aliphatic heterocycles. The SMILES string of the molecule is CN(CC1CCN(c2ccncc2)CC1)C(=O)CC1(O)CCCC1. The smallest absolute Gasteiger partial charge is 0.225 e. The van der Waals surface area contributed by atoms with Gasteiger partial charge in [0.15, 0.2) is 0 Å². The molecule has 0 unspecified atom stereocenters. The molecule has 1 aliphatic carbocycles. The average molecular weight is 331 g/mol. The third-order valence-electron chi connectivity index (χ3n) is 5.61. The van der Waals surface area contributed by atoms with Gasteiger partial charge in [0.05, 0.1) is 12.0 Å². The second kappa shape index (κ2) is 7.51. The van der Waals surface area contributed by atoms with Gasteiger partial charge >= 0.3 is 0 Å². The van der Waals surface area contributed by atoms with E-state index in [0.29, 0.717) is 12.3 Å². The Morgan fingerprint density at radius 2 is 1.92 bits per heavy atom. The number of amides is 1. The van der Waals surface area contributed by atoms with Gasteiger partial charge in [0.1, 0.15) is 0 Å². The molecule has 3 rings (SSSR count). The van der Waals surface area contributed by atoms with E-state index < -0.39 is 5.60 Å². The molecule has 0 atom stereocenters. The molecule has 0 aromatic carbocycles. The van der Waals surface area contributed by atoms with Crippen LogP contribution in [-0.4, -0.2) is 53.2 Å². The molecule has 2 fully saturated rings. The number of anilines is 1. The van der Waals surface area contributed by atoms with Crippen LogP contribution in [-0.2, 0) is 4.79 Å². The van der Waals surface area contributed by atoms with Gasteiger partial charge in [-0.3, -0.25) is 9.78 Å². The highest BCUT2D eigenvalue weighted by molar-refractivity contribution is 5.77. The minimum absolute atomic E-state index is 0.0935. The highest BCUT2D eigenvalue weighted by Gasteiger charge is 2.34. The maximum Gasteiger partial charge on any atom is 0.225 e. The van der Waals surface area contributed by atoms with Gasteiger partial charge in [-0.25, -0.2) is 0 Å². The summed E-state index contributed by atoms with van der Waals surface area (Å²) in [5.41, 5.74) is 0.493. The fourth-order valence-corrected chi connectivity index (χ4v) is 4.04. The molecule has 0 bridgehead atoms. The first-order chi connectivity index (χ1) is 11.6. The van der Waals surface area contributed by atoms with Crippen molar-refractivity contribution in [3.05, 3.63) is 24.5 Å². The van der Waals surface area contributed by atoms with E-state index in [-0.39, 0.29) is 5.91 Å². The van der Waals surface area contributed by atoms with Crippen molar-refractivity contribution in [2.24, 2.45) is 5.92 Å². The molecule has 5 heteroatoms. The van der Waals surface area contributed by atoms with Crippen LogP contribution < -0.4 is 4.90 Å². The van der Waals surface area contributed by atoms with Crippen LogP contribution in [0.2, 0.25) is 0 Å². The van der Waals surface area contributed by atoms with Crippen molar-refractivity contribution in [2.45, 2.75) is 50.5 Å². The highest BCUT2D eigenvalue weighted by Crippen LogP contribution is 2.33. The Labute approximate surface area is 144 Å². The van der Waals surface area contributed by atoms with E-state index in [0.717, 1.165) is 58.2 Å². The summed E-state index contributed by atoms with van der Waals surface area (Å²) in [6, 6.07) is 4.11. The minimum Gasteiger partial charge on any atom is -0.389 e. The third kappa shape index (κ3) is 4.26. The van der Waals surface area contributed by atoms with Crippen LogP contribution in [0.5, 0.6) is 0 Å². The van der Waals surface area contributed by atoms with E-state index in [4.69, 9.17) is 0 Å². The molecule has 1 N–H and O–H groups in total. The third-order valence-corrected chi connectivity index (χ3v) is 5.61. The zero-order valence-corrected chi connectivity index (χ0v) is 14.7. The van der Waals surface area contributed by atoms with Gasteiger partial charge in [0.25, 0.3) is 0 Å². The highest BCUT2D eigenvalue weighted by atomic mass is 16.3. The molecule has 2 heterocycles. The Morgan fingerprint density at radius 1 is 1.29 bits per heavy atom. The lowest BCUT2D eigenvalue weighted by atomic mass is 9.94. The molecular weight excluding hydrogens is 302 g/mol. The van der Waals surface area contributed by atoms with E-state index >= 15 is 0 Å². The van der Waals surface area contributed by atoms with Crippen molar-refractivity contribution in [2.75, 3.05) is 31.6 Å². The monoisotopic (exact) mass is 331 g/mol. The number of rotatable bonds is 5. The molecular formula is C19H29N3O2. The molecule has 1 amide bonds. The van der Waals surface area contributed by atoms with Crippen molar-refractivity contribution in [1.82, 2.24) is 9.88 Å². The molecule has 2 aliphatic rings. The maximum absolute atomic E-state index is 12.4. The van der Waals surface area contributed by atoms with Crippen LogP contribution in [0.4, 0.5) is 5.69 Å². The number of carbonyl (C=O) groups is 1. The summed E-state index contributed by atoms with van der Waals surface area (Å²) in [5.74, 6) is 0.645. The first-order valence-electron chi connectivity index (χ1n) is 9.17. The van der Waals surface area contributed by atoms with Gasteiger partial charge in [-0.15, -0.1) is 0 Å². The normalized spacial score (nSPS) is 21.0. The first kappa shape index (κ1) is 17.2. The molecule has 0 radical (unpaired) electrons. The molecule has 5 nitrogen and oxygen atoms in total. The van der Waals surface area contributed by atoms with Crippen LogP contribution in [0.1, 0.15) is 44.9 Å². The van der Waals surface area contributed by atoms with E-state index in [9.17, 15) is 9.90 Å². The summed E-state index contributed by atoms with van der Waals surface area (Å²) in [6.45, 7) is 2.86. The van der Waals surface area contributed by atoms with Crippen molar-refractivity contribution < 1.29 is 9.90 Å². The van der Waals surface area contributed by atoms with E-state index in [1.807, 2.05) is 24.3 Å².